The van der Waals surface area contributed by atoms with Crippen LogP contribution in [-0.4, -0.2) is 61.6 Å². The maximum Gasteiger partial charge on any atom is 0.171 e. The smallest absolute Gasteiger partial charge is 0.171 e. The van der Waals surface area contributed by atoms with E-state index in [1.54, 1.807) is 21.5 Å². The molecule has 0 aliphatic carbocycles. The van der Waals surface area contributed by atoms with E-state index in [2.05, 4.69) is 27.0 Å². The minimum atomic E-state index is 0.271. The number of anilines is 1. The first-order valence-corrected chi connectivity index (χ1v) is 13.8. The summed E-state index contributed by atoms with van der Waals surface area (Å²) in [7, 11) is 1.88. The second-order valence-corrected chi connectivity index (χ2v) is 11.1. The summed E-state index contributed by atoms with van der Waals surface area (Å²) in [6, 6.07) is 12.7. The summed E-state index contributed by atoms with van der Waals surface area (Å²) in [5, 5.41) is 22.7. The number of thioether (sulfide) groups is 1. The number of piperidine rings is 1. The maximum absolute atomic E-state index is 8.73. The van der Waals surface area contributed by atoms with Gasteiger partial charge in [0.1, 0.15) is 5.49 Å². The second-order valence-electron chi connectivity index (χ2n) is 9.99. The van der Waals surface area contributed by atoms with Gasteiger partial charge in [0, 0.05) is 60.0 Å². The van der Waals surface area contributed by atoms with Crippen molar-refractivity contribution in [3.8, 4) is 11.1 Å². The number of nitrogens with one attached hydrogen (secondary N) is 2. The van der Waals surface area contributed by atoms with Crippen LogP contribution < -0.4 is 10.4 Å². The highest BCUT2D eigenvalue weighted by atomic mass is 32.2. The van der Waals surface area contributed by atoms with E-state index in [0.717, 1.165) is 46.1 Å². The average Bonchev–Trinajstić information content (AvgIpc) is 3.61. The molecule has 9 heteroatoms. The van der Waals surface area contributed by atoms with E-state index in [-0.39, 0.29) is 10.7 Å². The van der Waals surface area contributed by atoms with Crippen LogP contribution in [0.15, 0.2) is 66.1 Å². The fourth-order valence-electron chi connectivity index (χ4n) is 5.50. The van der Waals surface area contributed by atoms with Crippen LogP contribution in [0.2, 0.25) is 0 Å². The van der Waals surface area contributed by atoms with Gasteiger partial charge in [0.15, 0.2) is 5.17 Å². The molecule has 37 heavy (non-hydrogen) atoms. The Morgan fingerprint density at radius 3 is 2.51 bits per heavy atom. The topological polar surface area (TPSA) is 89.8 Å². The van der Waals surface area contributed by atoms with Gasteiger partial charge in [-0.05, 0) is 75.2 Å². The van der Waals surface area contributed by atoms with Crippen LogP contribution in [0.1, 0.15) is 25.7 Å². The zero-order valence-corrected chi connectivity index (χ0v) is 21.9. The zero-order chi connectivity index (χ0) is 25.4. The van der Waals surface area contributed by atoms with Gasteiger partial charge in [0.05, 0.1) is 23.6 Å². The monoisotopic (exact) mass is 512 g/mol. The molecule has 0 bridgehead atoms. The largest absolute Gasteiger partial charge is 0.370 e. The van der Waals surface area contributed by atoms with Gasteiger partial charge in [-0.15, -0.1) is 0 Å². The van der Waals surface area contributed by atoms with E-state index in [0.29, 0.717) is 0 Å². The molecule has 4 aromatic rings. The third kappa shape index (κ3) is 5.06. The van der Waals surface area contributed by atoms with Gasteiger partial charge in [-0.1, -0.05) is 11.8 Å². The Balaban J connectivity index is 1.18. The summed E-state index contributed by atoms with van der Waals surface area (Å²) in [5.74, 6) is 0. The van der Waals surface area contributed by atoms with E-state index in [1.165, 1.54) is 56.2 Å². The highest BCUT2D eigenvalue weighted by Crippen LogP contribution is 2.29. The van der Waals surface area contributed by atoms with Gasteiger partial charge in [-0.25, -0.2) is 0 Å². The van der Waals surface area contributed by atoms with Crippen molar-refractivity contribution >= 4 is 33.5 Å². The Morgan fingerprint density at radius 1 is 0.946 bits per heavy atom. The molecular weight excluding hydrogens is 480 g/mol. The molecule has 6 rings (SSSR count). The summed E-state index contributed by atoms with van der Waals surface area (Å²) in [5.41, 5.74) is 4.29. The minimum absolute atomic E-state index is 0.271. The molecule has 2 N–H and O–H groups in total. The number of fused-ring (bicyclic) bond motifs is 1. The lowest BCUT2D eigenvalue weighted by atomic mass is 10.0. The van der Waals surface area contributed by atoms with Crippen LogP contribution in [0.5, 0.6) is 0 Å². The number of benzene rings is 1. The molecule has 0 saturated carbocycles. The number of likely N-dealkylation sites (tertiary alicyclic amines) is 1. The number of pyridine rings is 2. The van der Waals surface area contributed by atoms with Crippen LogP contribution in [-0.2, 0) is 7.05 Å². The third-order valence-corrected chi connectivity index (χ3v) is 8.42. The molecule has 2 aliphatic rings. The van der Waals surface area contributed by atoms with E-state index >= 15 is 0 Å². The molecule has 0 unspecified atom stereocenters. The number of aryl methyl sites for hydroxylation is 1. The molecule has 2 aliphatic heterocycles. The number of hydrogen-bond donors (Lipinski definition) is 2. The lowest BCUT2D eigenvalue weighted by Gasteiger charge is -2.37. The Hall–Kier alpha value is -3.43. The molecule has 190 valence electrons. The molecule has 2 fully saturated rings. The molecular formula is C28H32N8S. The van der Waals surface area contributed by atoms with Crippen molar-refractivity contribution in [3.63, 3.8) is 0 Å². The number of rotatable bonds is 4. The fraction of sp³-hybridized carbons (Fsp3) is 0.357. The van der Waals surface area contributed by atoms with Crippen molar-refractivity contribution in [1.29, 1.82) is 10.8 Å². The summed E-state index contributed by atoms with van der Waals surface area (Å²) >= 11 is 1.35. The van der Waals surface area contributed by atoms with Crippen LogP contribution in [0.3, 0.4) is 0 Å². The SMILES string of the molecule is Cn1cc(-c2ccc(=N)n(C(=N)Sc3ccc4ncc(N5CCC(N6CCCC6)CC5)cc4c3)c2)cn1. The van der Waals surface area contributed by atoms with Crippen molar-refractivity contribution in [2.45, 2.75) is 36.6 Å². The van der Waals surface area contributed by atoms with E-state index in [1.807, 2.05) is 43.8 Å². The van der Waals surface area contributed by atoms with Gasteiger partial charge in [-0.3, -0.25) is 25.1 Å². The van der Waals surface area contributed by atoms with E-state index in [4.69, 9.17) is 15.8 Å². The minimum Gasteiger partial charge on any atom is -0.370 e. The van der Waals surface area contributed by atoms with Crippen LogP contribution in [0, 0.1) is 10.8 Å². The molecule has 5 heterocycles. The van der Waals surface area contributed by atoms with Gasteiger partial charge in [0.2, 0.25) is 0 Å². The van der Waals surface area contributed by atoms with Crippen molar-refractivity contribution in [1.82, 2.24) is 24.2 Å². The average molecular weight is 513 g/mol. The Morgan fingerprint density at radius 2 is 1.76 bits per heavy atom. The zero-order valence-electron chi connectivity index (χ0n) is 21.1. The molecule has 0 atom stereocenters. The Bertz CT molecular complexity index is 1490. The molecule has 1 aromatic carbocycles. The summed E-state index contributed by atoms with van der Waals surface area (Å²) in [6.45, 7) is 4.68. The fourth-order valence-corrected chi connectivity index (χ4v) is 6.30. The first kappa shape index (κ1) is 23.9. The molecule has 0 amide bonds. The first-order chi connectivity index (χ1) is 18.0. The highest BCUT2D eigenvalue weighted by Gasteiger charge is 2.26. The van der Waals surface area contributed by atoms with Gasteiger partial charge < -0.3 is 9.80 Å². The molecule has 8 nitrogen and oxygen atoms in total. The second kappa shape index (κ2) is 10.1. The summed E-state index contributed by atoms with van der Waals surface area (Å²) in [6.07, 6.45) is 12.7. The van der Waals surface area contributed by atoms with Crippen molar-refractivity contribution < 1.29 is 0 Å². The van der Waals surface area contributed by atoms with Crippen LogP contribution >= 0.6 is 11.8 Å². The quantitative estimate of drug-likeness (QED) is 0.238. The lowest BCUT2D eigenvalue weighted by Crippen LogP contribution is -2.43. The van der Waals surface area contributed by atoms with Gasteiger partial charge in [-0.2, -0.15) is 5.10 Å². The highest BCUT2D eigenvalue weighted by molar-refractivity contribution is 8.13. The van der Waals surface area contributed by atoms with Gasteiger partial charge in [0.25, 0.3) is 0 Å². The van der Waals surface area contributed by atoms with Crippen LogP contribution in [0.4, 0.5) is 5.69 Å². The molecule has 0 spiro atoms. The van der Waals surface area contributed by atoms with Crippen molar-refractivity contribution in [3.05, 3.63) is 66.7 Å². The van der Waals surface area contributed by atoms with Gasteiger partial charge >= 0.3 is 0 Å². The van der Waals surface area contributed by atoms with E-state index in [9.17, 15) is 0 Å². The Labute approximate surface area is 220 Å². The first-order valence-electron chi connectivity index (χ1n) is 13.0. The summed E-state index contributed by atoms with van der Waals surface area (Å²) < 4.78 is 3.36. The summed E-state index contributed by atoms with van der Waals surface area (Å²) in [4.78, 5) is 10.8. The third-order valence-electron chi connectivity index (χ3n) is 7.54. The predicted molar refractivity (Wildman–Crippen MR) is 149 cm³/mol. The number of nitrogens with zero attached hydrogens (tertiary/aromatic N) is 6. The number of aromatic nitrogens is 4. The van der Waals surface area contributed by atoms with Crippen molar-refractivity contribution in [2.75, 3.05) is 31.1 Å². The molecule has 2 saturated heterocycles. The Kier molecular flexibility index (Phi) is 6.56. The number of hydrogen-bond acceptors (Lipinski definition) is 7. The van der Waals surface area contributed by atoms with Crippen molar-refractivity contribution in [2.24, 2.45) is 7.05 Å². The molecule has 3 aromatic heterocycles. The predicted octanol–water partition coefficient (Wildman–Crippen LogP) is 4.56. The standard InChI is InChI=1S/C28H32N8S/c1-33-18-22(16-32-33)20-4-7-27(29)36(19-20)28(30)37-25-5-6-26-21(15-25)14-24(17-31-26)35-12-8-23(9-13-35)34-10-2-3-11-34/h4-7,14-19,23,29-30H,2-3,8-13H2,1H3. The molecule has 0 radical (unpaired) electrons. The lowest BCUT2D eigenvalue weighted by molar-refractivity contribution is 0.208. The van der Waals surface area contributed by atoms with E-state index < -0.39 is 0 Å². The van der Waals surface area contributed by atoms with Crippen LogP contribution in [0.25, 0.3) is 22.0 Å². The normalized spacial score (nSPS) is 17.1. The maximum atomic E-state index is 8.73.